The van der Waals surface area contributed by atoms with Crippen LogP contribution >= 0.6 is 0 Å². The first kappa shape index (κ1) is 13.4. The number of ether oxygens (including phenoxy) is 1. The van der Waals surface area contributed by atoms with Crippen molar-refractivity contribution in [2.24, 2.45) is 5.73 Å². The van der Waals surface area contributed by atoms with Gasteiger partial charge in [-0.25, -0.2) is 0 Å². The summed E-state index contributed by atoms with van der Waals surface area (Å²) in [6.45, 7) is 6.27. The molecular weight excluding hydrogens is 224 g/mol. The summed E-state index contributed by atoms with van der Waals surface area (Å²) in [5, 5.41) is 0. The van der Waals surface area contributed by atoms with Gasteiger partial charge in [0.15, 0.2) is 0 Å². The molecule has 1 aliphatic heterocycles. The molecule has 1 aliphatic rings. The molecule has 0 aromatic heterocycles. The molecule has 0 bridgehead atoms. The summed E-state index contributed by atoms with van der Waals surface area (Å²) in [6.07, 6.45) is 2.64. The second-order valence-electron chi connectivity index (χ2n) is 5.19. The summed E-state index contributed by atoms with van der Waals surface area (Å²) in [6, 6.07) is 6.36. The molecule has 18 heavy (non-hydrogen) atoms. The lowest BCUT2D eigenvalue weighted by molar-refractivity contribution is 0.311. The highest BCUT2D eigenvalue weighted by Crippen LogP contribution is 2.28. The number of hydrogen-bond acceptors (Lipinski definition) is 3. The zero-order valence-electron chi connectivity index (χ0n) is 11.5. The fourth-order valence-corrected chi connectivity index (χ4v) is 2.75. The average Bonchev–Trinajstić information content (AvgIpc) is 2.88. The van der Waals surface area contributed by atoms with E-state index in [4.69, 9.17) is 10.5 Å². The first-order valence-corrected chi connectivity index (χ1v) is 6.81. The normalized spacial score (nSPS) is 17.9. The molecule has 0 spiro atoms. The van der Waals surface area contributed by atoms with Gasteiger partial charge in [-0.15, -0.1) is 0 Å². The Balaban J connectivity index is 2.17. The summed E-state index contributed by atoms with van der Waals surface area (Å²) < 4.78 is 5.47. The smallest absolute Gasteiger partial charge is 0.122 e. The van der Waals surface area contributed by atoms with Crippen molar-refractivity contribution in [2.75, 3.05) is 33.3 Å². The van der Waals surface area contributed by atoms with Crippen molar-refractivity contribution in [1.82, 2.24) is 4.90 Å². The average molecular weight is 248 g/mol. The highest BCUT2D eigenvalue weighted by Gasteiger charge is 2.20. The van der Waals surface area contributed by atoms with Gasteiger partial charge in [0.1, 0.15) is 5.75 Å². The number of aryl methyl sites for hydroxylation is 1. The molecule has 0 amide bonds. The highest BCUT2D eigenvalue weighted by atomic mass is 16.5. The van der Waals surface area contributed by atoms with Gasteiger partial charge in [-0.2, -0.15) is 0 Å². The topological polar surface area (TPSA) is 38.5 Å². The molecule has 0 saturated carbocycles. The second-order valence-corrected chi connectivity index (χ2v) is 5.19. The van der Waals surface area contributed by atoms with Crippen LogP contribution in [0.3, 0.4) is 0 Å². The quantitative estimate of drug-likeness (QED) is 0.867. The van der Waals surface area contributed by atoms with E-state index in [0.29, 0.717) is 12.5 Å². The Morgan fingerprint density at radius 2 is 2.06 bits per heavy atom. The van der Waals surface area contributed by atoms with Crippen molar-refractivity contribution in [3.05, 3.63) is 29.3 Å². The van der Waals surface area contributed by atoms with Gasteiger partial charge in [0.2, 0.25) is 0 Å². The van der Waals surface area contributed by atoms with Crippen LogP contribution in [0.5, 0.6) is 5.75 Å². The van der Waals surface area contributed by atoms with Crippen LogP contribution in [0.2, 0.25) is 0 Å². The number of rotatable bonds is 5. The number of hydrogen-bond donors (Lipinski definition) is 1. The zero-order chi connectivity index (χ0) is 13.0. The number of methoxy groups -OCH3 is 1. The van der Waals surface area contributed by atoms with E-state index in [9.17, 15) is 0 Å². The Bertz CT molecular complexity index is 386. The molecule has 1 saturated heterocycles. The van der Waals surface area contributed by atoms with Crippen LogP contribution in [0.1, 0.15) is 29.9 Å². The monoisotopic (exact) mass is 248 g/mol. The molecule has 1 heterocycles. The Morgan fingerprint density at radius 1 is 1.33 bits per heavy atom. The van der Waals surface area contributed by atoms with E-state index in [0.717, 1.165) is 12.3 Å². The molecule has 0 radical (unpaired) electrons. The molecular formula is C15H24N2O. The minimum atomic E-state index is 0.373. The highest BCUT2D eigenvalue weighted by molar-refractivity contribution is 5.39. The van der Waals surface area contributed by atoms with E-state index in [1.54, 1.807) is 7.11 Å². The van der Waals surface area contributed by atoms with Crippen LogP contribution in [-0.4, -0.2) is 38.2 Å². The number of likely N-dealkylation sites (tertiary alicyclic amines) is 1. The standard InChI is InChI=1S/C15H24N2O/c1-12-5-6-15(18-2)14(9-12)13(10-16)11-17-7-3-4-8-17/h5-6,9,13H,3-4,7-8,10-11,16H2,1-2H3. The van der Waals surface area contributed by atoms with Crippen molar-refractivity contribution < 1.29 is 4.74 Å². The third-order valence-electron chi connectivity index (χ3n) is 3.79. The molecule has 3 nitrogen and oxygen atoms in total. The maximum atomic E-state index is 5.97. The fraction of sp³-hybridized carbons (Fsp3) is 0.600. The molecule has 1 atom stereocenters. The van der Waals surface area contributed by atoms with Crippen molar-refractivity contribution in [1.29, 1.82) is 0 Å². The van der Waals surface area contributed by atoms with E-state index in [1.807, 2.05) is 0 Å². The Labute approximate surface area is 110 Å². The fourth-order valence-electron chi connectivity index (χ4n) is 2.75. The van der Waals surface area contributed by atoms with Gasteiger partial charge >= 0.3 is 0 Å². The van der Waals surface area contributed by atoms with Crippen LogP contribution in [0, 0.1) is 6.92 Å². The van der Waals surface area contributed by atoms with E-state index >= 15 is 0 Å². The van der Waals surface area contributed by atoms with Gasteiger partial charge < -0.3 is 15.4 Å². The van der Waals surface area contributed by atoms with E-state index in [1.165, 1.54) is 37.1 Å². The molecule has 1 fully saturated rings. The zero-order valence-corrected chi connectivity index (χ0v) is 11.5. The molecule has 2 rings (SSSR count). The van der Waals surface area contributed by atoms with Gasteiger partial charge in [0.25, 0.3) is 0 Å². The van der Waals surface area contributed by atoms with Crippen LogP contribution in [0.25, 0.3) is 0 Å². The number of nitrogens with two attached hydrogens (primary N) is 1. The minimum Gasteiger partial charge on any atom is -0.496 e. The molecule has 1 aromatic rings. The summed E-state index contributed by atoms with van der Waals surface area (Å²) in [4.78, 5) is 2.51. The maximum absolute atomic E-state index is 5.97. The molecule has 1 unspecified atom stereocenters. The van der Waals surface area contributed by atoms with Crippen molar-refractivity contribution >= 4 is 0 Å². The van der Waals surface area contributed by atoms with Crippen molar-refractivity contribution in [2.45, 2.75) is 25.7 Å². The van der Waals surface area contributed by atoms with Gasteiger partial charge in [-0.05, 0) is 44.5 Å². The van der Waals surface area contributed by atoms with Crippen LogP contribution in [0.15, 0.2) is 18.2 Å². The first-order valence-electron chi connectivity index (χ1n) is 6.81. The largest absolute Gasteiger partial charge is 0.496 e. The lowest BCUT2D eigenvalue weighted by atomic mass is 9.96. The van der Waals surface area contributed by atoms with Crippen molar-refractivity contribution in [3.63, 3.8) is 0 Å². The van der Waals surface area contributed by atoms with Crippen LogP contribution in [0.4, 0.5) is 0 Å². The molecule has 0 aliphatic carbocycles. The van der Waals surface area contributed by atoms with E-state index in [-0.39, 0.29) is 0 Å². The predicted octanol–water partition coefficient (Wildman–Crippen LogP) is 2.14. The number of nitrogens with zero attached hydrogens (tertiary/aromatic N) is 1. The SMILES string of the molecule is COc1ccc(C)cc1C(CN)CN1CCCC1. The third-order valence-corrected chi connectivity index (χ3v) is 3.79. The lowest BCUT2D eigenvalue weighted by Gasteiger charge is -2.24. The summed E-state index contributed by atoms with van der Waals surface area (Å²) >= 11 is 0. The summed E-state index contributed by atoms with van der Waals surface area (Å²) in [5.41, 5.74) is 8.50. The Kier molecular flexibility index (Phi) is 4.61. The second kappa shape index (κ2) is 6.21. The molecule has 3 heteroatoms. The summed E-state index contributed by atoms with van der Waals surface area (Å²) in [7, 11) is 1.73. The van der Waals surface area contributed by atoms with Gasteiger partial charge in [-0.3, -0.25) is 0 Å². The lowest BCUT2D eigenvalue weighted by Crippen LogP contribution is -2.29. The van der Waals surface area contributed by atoms with Gasteiger partial charge in [0.05, 0.1) is 7.11 Å². The van der Waals surface area contributed by atoms with Crippen molar-refractivity contribution in [3.8, 4) is 5.75 Å². The van der Waals surface area contributed by atoms with E-state index < -0.39 is 0 Å². The van der Waals surface area contributed by atoms with Crippen LogP contribution in [-0.2, 0) is 0 Å². The summed E-state index contributed by atoms with van der Waals surface area (Å²) in [5.74, 6) is 1.34. The van der Waals surface area contributed by atoms with Gasteiger partial charge in [0, 0.05) is 19.0 Å². The predicted molar refractivity (Wildman–Crippen MR) is 75.2 cm³/mol. The van der Waals surface area contributed by atoms with Crippen LogP contribution < -0.4 is 10.5 Å². The molecule has 1 aromatic carbocycles. The minimum absolute atomic E-state index is 0.373. The van der Waals surface area contributed by atoms with E-state index in [2.05, 4.69) is 30.0 Å². The Morgan fingerprint density at radius 3 is 2.67 bits per heavy atom. The molecule has 2 N–H and O–H groups in total. The maximum Gasteiger partial charge on any atom is 0.122 e. The number of benzene rings is 1. The third kappa shape index (κ3) is 3.03. The van der Waals surface area contributed by atoms with Gasteiger partial charge in [-0.1, -0.05) is 17.7 Å². The Hall–Kier alpha value is -1.06. The molecule has 100 valence electrons. The first-order chi connectivity index (χ1) is 8.74.